The Morgan fingerprint density at radius 3 is 2.86 bits per heavy atom. The Hall–Kier alpha value is -1.69. The molecular weight excluding hydrogens is 306 g/mol. The molecule has 0 aliphatic carbocycles. The highest BCUT2D eigenvalue weighted by Gasteiger charge is 2.19. The van der Waals surface area contributed by atoms with Gasteiger partial charge in [0.25, 0.3) is 0 Å². The van der Waals surface area contributed by atoms with Crippen LogP contribution < -0.4 is 14.8 Å². The molecule has 2 heterocycles. The first-order valence-electron chi connectivity index (χ1n) is 7.16. The number of aliphatic hydroxyl groups excluding tert-OH is 1. The predicted molar refractivity (Wildman–Crippen MR) is 82.6 cm³/mol. The molecular formula is C16H18ClNO4. The number of fused-ring (bicyclic) bond motifs is 1. The molecule has 1 aliphatic heterocycles. The first-order chi connectivity index (χ1) is 10.6. The SMILES string of the molecule is Cc1ccc(CNCC(O)c2cc(Cl)c3c(c2)OCCO3)o1. The summed E-state index contributed by atoms with van der Waals surface area (Å²) in [4.78, 5) is 0. The van der Waals surface area contributed by atoms with Crippen LogP contribution in [0.25, 0.3) is 0 Å². The average molecular weight is 324 g/mol. The van der Waals surface area contributed by atoms with Crippen molar-refractivity contribution in [1.82, 2.24) is 5.32 Å². The zero-order chi connectivity index (χ0) is 15.5. The normalized spacial score (nSPS) is 14.9. The number of furan rings is 1. The Balaban J connectivity index is 1.62. The maximum Gasteiger partial charge on any atom is 0.179 e. The van der Waals surface area contributed by atoms with Gasteiger partial charge in [0.1, 0.15) is 24.7 Å². The van der Waals surface area contributed by atoms with Crippen LogP contribution in [-0.4, -0.2) is 24.9 Å². The zero-order valence-electron chi connectivity index (χ0n) is 12.3. The summed E-state index contributed by atoms with van der Waals surface area (Å²) in [6, 6.07) is 7.30. The minimum atomic E-state index is -0.690. The number of benzene rings is 1. The van der Waals surface area contributed by atoms with Gasteiger partial charge in [-0.2, -0.15) is 0 Å². The van der Waals surface area contributed by atoms with Gasteiger partial charge < -0.3 is 24.3 Å². The van der Waals surface area contributed by atoms with E-state index in [9.17, 15) is 5.11 Å². The highest BCUT2D eigenvalue weighted by molar-refractivity contribution is 6.32. The smallest absolute Gasteiger partial charge is 0.179 e. The molecule has 0 radical (unpaired) electrons. The van der Waals surface area contributed by atoms with Crippen LogP contribution in [-0.2, 0) is 6.54 Å². The number of rotatable bonds is 5. The molecule has 5 nitrogen and oxygen atoms in total. The number of aliphatic hydroxyl groups is 1. The first kappa shape index (κ1) is 15.2. The van der Waals surface area contributed by atoms with Gasteiger partial charge in [-0.05, 0) is 36.8 Å². The van der Waals surface area contributed by atoms with Gasteiger partial charge in [-0.15, -0.1) is 0 Å². The third-order valence-corrected chi connectivity index (χ3v) is 3.72. The molecule has 0 fully saturated rings. The molecule has 0 bridgehead atoms. The topological polar surface area (TPSA) is 63.9 Å². The fourth-order valence-electron chi connectivity index (χ4n) is 2.35. The van der Waals surface area contributed by atoms with Crippen molar-refractivity contribution in [1.29, 1.82) is 0 Å². The third kappa shape index (κ3) is 3.38. The lowest BCUT2D eigenvalue weighted by molar-refractivity contribution is 0.162. The van der Waals surface area contributed by atoms with E-state index >= 15 is 0 Å². The van der Waals surface area contributed by atoms with Crippen LogP contribution in [0.5, 0.6) is 11.5 Å². The molecule has 1 aromatic heterocycles. The van der Waals surface area contributed by atoms with E-state index in [0.717, 1.165) is 11.5 Å². The van der Waals surface area contributed by atoms with Crippen LogP contribution in [0.4, 0.5) is 0 Å². The number of ether oxygens (including phenoxy) is 2. The van der Waals surface area contributed by atoms with Crippen LogP contribution in [0.2, 0.25) is 5.02 Å². The first-order valence-corrected chi connectivity index (χ1v) is 7.54. The quantitative estimate of drug-likeness (QED) is 0.886. The van der Waals surface area contributed by atoms with E-state index in [1.165, 1.54) is 0 Å². The van der Waals surface area contributed by atoms with Crippen molar-refractivity contribution in [3.63, 3.8) is 0 Å². The number of hydrogen-bond acceptors (Lipinski definition) is 5. The fraction of sp³-hybridized carbons (Fsp3) is 0.375. The van der Waals surface area contributed by atoms with E-state index < -0.39 is 6.10 Å². The van der Waals surface area contributed by atoms with E-state index in [2.05, 4.69) is 5.32 Å². The van der Waals surface area contributed by atoms with Gasteiger partial charge in [0, 0.05) is 6.54 Å². The molecule has 2 N–H and O–H groups in total. The number of nitrogens with one attached hydrogen (secondary N) is 1. The van der Waals surface area contributed by atoms with Crippen molar-refractivity contribution >= 4 is 11.6 Å². The highest BCUT2D eigenvalue weighted by atomic mass is 35.5. The predicted octanol–water partition coefficient (Wildman–Crippen LogP) is 2.84. The van der Waals surface area contributed by atoms with Crippen LogP contribution in [0.1, 0.15) is 23.2 Å². The summed E-state index contributed by atoms with van der Waals surface area (Å²) in [7, 11) is 0. The van der Waals surface area contributed by atoms with E-state index in [1.54, 1.807) is 12.1 Å². The molecule has 3 rings (SSSR count). The second-order valence-electron chi connectivity index (χ2n) is 5.19. The minimum Gasteiger partial charge on any atom is -0.486 e. The molecule has 118 valence electrons. The van der Waals surface area contributed by atoms with Crippen molar-refractivity contribution in [2.45, 2.75) is 19.6 Å². The van der Waals surface area contributed by atoms with Gasteiger partial charge in [0.05, 0.1) is 17.7 Å². The van der Waals surface area contributed by atoms with Crippen LogP contribution >= 0.6 is 11.6 Å². The maximum absolute atomic E-state index is 10.3. The van der Waals surface area contributed by atoms with Crippen LogP contribution in [0.15, 0.2) is 28.7 Å². The zero-order valence-corrected chi connectivity index (χ0v) is 13.0. The van der Waals surface area contributed by atoms with Gasteiger partial charge in [0.15, 0.2) is 11.5 Å². The summed E-state index contributed by atoms with van der Waals surface area (Å²) in [5.74, 6) is 2.83. The van der Waals surface area contributed by atoms with Gasteiger partial charge in [-0.3, -0.25) is 0 Å². The van der Waals surface area contributed by atoms with E-state index in [1.807, 2.05) is 19.1 Å². The molecule has 22 heavy (non-hydrogen) atoms. The second kappa shape index (κ2) is 6.60. The van der Waals surface area contributed by atoms with Gasteiger partial charge in [-0.1, -0.05) is 11.6 Å². The summed E-state index contributed by atoms with van der Waals surface area (Å²) in [5, 5.41) is 13.9. The van der Waals surface area contributed by atoms with Gasteiger partial charge in [-0.25, -0.2) is 0 Å². The lowest BCUT2D eigenvalue weighted by atomic mass is 10.1. The molecule has 0 saturated carbocycles. The molecule has 1 aromatic carbocycles. The Bertz CT molecular complexity index is 656. The minimum absolute atomic E-state index is 0.385. The Morgan fingerprint density at radius 2 is 2.09 bits per heavy atom. The van der Waals surface area contributed by atoms with Crippen molar-refractivity contribution in [2.75, 3.05) is 19.8 Å². The summed E-state index contributed by atoms with van der Waals surface area (Å²) < 4.78 is 16.4. The molecule has 1 aliphatic rings. The molecule has 6 heteroatoms. The Kier molecular flexibility index (Phi) is 4.57. The molecule has 0 saturated heterocycles. The lowest BCUT2D eigenvalue weighted by Gasteiger charge is -2.21. The molecule has 0 spiro atoms. The average Bonchev–Trinajstić information content (AvgIpc) is 2.92. The number of halogens is 1. The number of hydrogen-bond donors (Lipinski definition) is 2. The van der Waals surface area contributed by atoms with Gasteiger partial charge >= 0.3 is 0 Å². The summed E-state index contributed by atoms with van der Waals surface area (Å²) in [5.41, 5.74) is 0.692. The van der Waals surface area contributed by atoms with Crippen molar-refractivity contribution in [3.8, 4) is 11.5 Å². The fourth-order valence-corrected chi connectivity index (χ4v) is 2.63. The number of aryl methyl sites for hydroxylation is 1. The van der Waals surface area contributed by atoms with Crippen LogP contribution in [0.3, 0.4) is 0 Å². The second-order valence-corrected chi connectivity index (χ2v) is 5.59. The summed E-state index contributed by atoms with van der Waals surface area (Å²) in [6.45, 7) is 3.81. The summed E-state index contributed by atoms with van der Waals surface area (Å²) >= 11 is 6.17. The van der Waals surface area contributed by atoms with E-state index in [4.69, 9.17) is 25.5 Å². The van der Waals surface area contributed by atoms with Crippen molar-refractivity contribution < 1.29 is 19.0 Å². The third-order valence-electron chi connectivity index (χ3n) is 3.44. The molecule has 2 aromatic rings. The largest absolute Gasteiger partial charge is 0.486 e. The maximum atomic E-state index is 10.3. The van der Waals surface area contributed by atoms with Crippen molar-refractivity contribution in [2.24, 2.45) is 0 Å². The van der Waals surface area contributed by atoms with E-state index in [-0.39, 0.29) is 0 Å². The lowest BCUT2D eigenvalue weighted by Crippen LogP contribution is -2.21. The van der Waals surface area contributed by atoms with Crippen molar-refractivity contribution in [3.05, 3.63) is 46.4 Å². The Labute approximate surface area is 133 Å². The standard InChI is InChI=1S/C16H18ClNO4/c1-10-2-3-12(22-10)8-18-9-14(19)11-6-13(17)16-15(7-11)20-4-5-21-16/h2-3,6-7,14,18-19H,4-5,8-9H2,1H3. The Morgan fingerprint density at radius 1 is 1.27 bits per heavy atom. The highest BCUT2D eigenvalue weighted by Crippen LogP contribution is 2.39. The van der Waals surface area contributed by atoms with E-state index in [0.29, 0.717) is 48.4 Å². The van der Waals surface area contributed by atoms with Crippen LogP contribution in [0, 0.1) is 6.92 Å². The summed E-state index contributed by atoms with van der Waals surface area (Å²) in [6.07, 6.45) is -0.690. The van der Waals surface area contributed by atoms with Gasteiger partial charge in [0.2, 0.25) is 0 Å². The molecule has 1 unspecified atom stereocenters. The molecule has 1 atom stereocenters. The molecule has 0 amide bonds. The monoisotopic (exact) mass is 323 g/mol.